The summed E-state index contributed by atoms with van der Waals surface area (Å²) < 4.78 is 5.11. The fourth-order valence-electron chi connectivity index (χ4n) is 1.34. The molecule has 114 valence electrons. The third-order valence-electron chi connectivity index (χ3n) is 2.18. The lowest BCUT2D eigenvalue weighted by molar-refractivity contribution is -0.148. The summed E-state index contributed by atoms with van der Waals surface area (Å²) in [6.07, 6.45) is 2.50. The maximum Gasteiger partial charge on any atom is 0.354 e. The Morgan fingerprint density at radius 1 is 1.29 bits per heavy atom. The SMILES string of the molecule is CN(C)c1cc(C(=O)O)nc(/C=C/C(=O)OC(C)(C)C)n1. The number of ether oxygens (including phenoxy) is 1. The molecular weight excluding hydrogens is 274 g/mol. The van der Waals surface area contributed by atoms with Crippen LogP contribution in [0, 0.1) is 0 Å². The van der Waals surface area contributed by atoms with E-state index in [0.29, 0.717) is 5.82 Å². The molecular formula is C14H19N3O4. The number of nitrogens with zero attached hydrogens (tertiary/aromatic N) is 3. The minimum atomic E-state index is -1.16. The fourth-order valence-corrected chi connectivity index (χ4v) is 1.34. The topological polar surface area (TPSA) is 92.6 Å². The Bertz CT molecular complexity index is 574. The third kappa shape index (κ3) is 5.60. The zero-order valence-corrected chi connectivity index (χ0v) is 12.7. The third-order valence-corrected chi connectivity index (χ3v) is 2.18. The molecule has 0 aliphatic carbocycles. The highest BCUT2D eigenvalue weighted by Gasteiger charge is 2.14. The molecule has 0 atom stereocenters. The number of carboxylic acids is 1. The highest BCUT2D eigenvalue weighted by Crippen LogP contribution is 2.12. The first-order chi connectivity index (χ1) is 9.58. The lowest BCUT2D eigenvalue weighted by atomic mass is 10.2. The molecule has 0 radical (unpaired) electrons. The number of esters is 1. The number of carbonyl (C=O) groups is 2. The van der Waals surface area contributed by atoms with Gasteiger partial charge in [0.1, 0.15) is 11.4 Å². The quantitative estimate of drug-likeness (QED) is 0.665. The number of aromatic nitrogens is 2. The van der Waals surface area contributed by atoms with Crippen LogP contribution >= 0.6 is 0 Å². The molecule has 0 fully saturated rings. The van der Waals surface area contributed by atoms with Crippen molar-refractivity contribution >= 4 is 23.8 Å². The first-order valence-corrected chi connectivity index (χ1v) is 6.29. The standard InChI is InChI=1S/C14H19N3O4/c1-14(2,3)21-12(18)7-6-10-15-9(13(19)20)8-11(16-10)17(4)5/h6-8H,1-5H3,(H,19,20)/b7-6+. The number of hydrogen-bond donors (Lipinski definition) is 1. The zero-order chi connectivity index (χ0) is 16.2. The van der Waals surface area contributed by atoms with E-state index in [1.165, 1.54) is 18.2 Å². The summed E-state index contributed by atoms with van der Waals surface area (Å²) in [5, 5.41) is 9.02. The molecule has 1 heterocycles. The predicted octanol–water partition coefficient (Wildman–Crippen LogP) is 1.60. The van der Waals surface area contributed by atoms with Gasteiger partial charge in [0, 0.05) is 26.2 Å². The number of carboxylic acid groups (broad SMARTS) is 1. The lowest BCUT2D eigenvalue weighted by Crippen LogP contribution is -2.22. The molecule has 1 aromatic heterocycles. The van der Waals surface area contributed by atoms with Gasteiger partial charge in [-0.3, -0.25) is 0 Å². The summed E-state index contributed by atoms with van der Waals surface area (Å²) in [5.41, 5.74) is -0.738. The van der Waals surface area contributed by atoms with E-state index in [1.54, 1.807) is 39.8 Å². The van der Waals surface area contributed by atoms with Gasteiger partial charge in [-0.2, -0.15) is 0 Å². The number of hydrogen-bond acceptors (Lipinski definition) is 6. The monoisotopic (exact) mass is 293 g/mol. The molecule has 1 rings (SSSR count). The van der Waals surface area contributed by atoms with E-state index in [1.807, 2.05) is 0 Å². The average molecular weight is 293 g/mol. The molecule has 0 spiro atoms. The van der Waals surface area contributed by atoms with Crippen LogP contribution in [0.2, 0.25) is 0 Å². The predicted molar refractivity (Wildman–Crippen MR) is 78.2 cm³/mol. The van der Waals surface area contributed by atoms with Crippen molar-refractivity contribution in [2.45, 2.75) is 26.4 Å². The van der Waals surface area contributed by atoms with E-state index in [-0.39, 0.29) is 11.5 Å². The Hall–Kier alpha value is -2.44. The van der Waals surface area contributed by atoms with Gasteiger partial charge < -0.3 is 14.7 Å². The molecule has 7 heteroatoms. The van der Waals surface area contributed by atoms with Gasteiger partial charge in [-0.25, -0.2) is 19.6 Å². The highest BCUT2D eigenvalue weighted by molar-refractivity contribution is 5.88. The summed E-state index contributed by atoms with van der Waals surface area (Å²) in [7, 11) is 3.46. The summed E-state index contributed by atoms with van der Waals surface area (Å²) in [6, 6.07) is 1.35. The summed E-state index contributed by atoms with van der Waals surface area (Å²) in [4.78, 5) is 32.3. The molecule has 21 heavy (non-hydrogen) atoms. The van der Waals surface area contributed by atoms with Crippen molar-refractivity contribution in [2.75, 3.05) is 19.0 Å². The number of anilines is 1. The van der Waals surface area contributed by atoms with Gasteiger partial charge >= 0.3 is 11.9 Å². The second-order valence-corrected chi connectivity index (χ2v) is 5.54. The van der Waals surface area contributed by atoms with Gasteiger partial charge in [0.15, 0.2) is 11.5 Å². The van der Waals surface area contributed by atoms with Crippen LogP contribution in [0.15, 0.2) is 12.1 Å². The van der Waals surface area contributed by atoms with Crippen LogP contribution in [0.3, 0.4) is 0 Å². The Labute approximate surface area is 123 Å². The van der Waals surface area contributed by atoms with Crippen LogP contribution in [0.5, 0.6) is 0 Å². The number of carbonyl (C=O) groups excluding carboxylic acids is 1. The minimum Gasteiger partial charge on any atom is -0.477 e. The van der Waals surface area contributed by atoms with Crippen molar-refractivity contribution in [1.29, 1.82) is 0 Å². The summed E-state index contributed by atoms with van der Waals surface area (Å²) in [6.45, 7) is 5.26. The average Bonchev–Trinajstić information content (AvgIpc) is 2.33. The molecule has 7 nitrogen and oxygen atoms in total. The first kappa shape index (κ1) is 16.6. The molecule has 0 aromatic carbocycles. The molecule has 0 aliphatic heterocycles. The van der Waals surface area contributed by atoms with Crippen molar-refractivity contribution in [1.82, 2.24) is 9.97 Å². The van der Waals surface area contributed by atoms with E-state index >= 15 is 0 Å². The largest absolute Gasteiger partial charge is 0.477 e. The van der Waals surface area contributed by atoms with Gasteiger partial charge in [0.2, 0.25) is 0 Å². The van der Waals surface area contributed by atoms with Crippen molar-refractivity contribution in [2.24, 2.45) is 0 Å². The molecule has 0 bridgehead atoms. The van der Waals surface area contributed by atoms with Crippen LogP contribution in [-0.2, 0) is 9.53 Å². The smallest absolute Gasteiger partial charge is 0.354 e. The van der Waals surface area contributed by atoms with E-state index in [2.05, 4.69) is 9.97 Å². The van der Waals surface area contributed by atoms with Crippen LogP contribution in [0.4, 0.5) is 5.82 Å². The van der Waals surface area contributed by atoms with Crippen molar-refractivity contribution in [3.05, 3.63) is 23.7 Å². The molecule has 0 amide bonds. The van der Waals surface area contributed by atoms with Crippen LogP contribution in [0.1, 0.15) is 37.1 Å². The Morgan fingerprint density at radius 2 is 1.90 bits per heavy atom. The molecule has 0 aliphatic rings. The highest BCUT2D eigenvalue weighted by atomic mass is 16.6. The number of rotatable bonds is 4. The fraction of sp³-hybridized carbons (Fsp3) is 0.429. The van der Waals surface area contributed by atoms with Crippen molar-refractivity contribution < 1.29 is 19.4 Å². The number of aromatic carboxylic acids is 1. The van der Waals surface area contributed by atoms with Crippen molar-refractivity contribution in [3.63, 3.8) is 0 Å². The van der Waals surface area contributed by atoms with Crippen LogP contribution < -0.4 is 4.90 Å². The van der Waals surface area contributed by atoms with Gasteiger partial charge in [0.25, 0.3) is 0 Å². The molecule has 1 aromatic rings. The van der Waals surface area contributed by atoms with Gasteiger partial charge in [-0.15, -0.1) is 0 Å². The Morgan fingerprint density at radius 3 is 2.38 bits per heavy atom. The van der Waals surface area contributed by atoms with Crippen molar-refractivity contribution in [3.8, 4) is 0 Å². The molecule has 0 saturated carbocycles. The Balaban J connectivity index is 3.02. The summed E-state index contributed by atoms with van der Waals surface area (Å²) in [5.74, 6) is -1.14. The lowest BCUT2D eigenvalue weighted by Gasteiger charge is -2.17. The first-order valence-electron chi connectivity index (χ1n) is 6.29. The van der Waals surface area contributed by atoms with Crippen LogP contribution in [0.25, 0.3) is 6.08 Å². The molecule has 0 unspecified atom stereocenters. The zero-order valence-electron chi connectivity index (χ0n) is 12.7. The minimum absolute atomic E-state index is 0.129. The normalized spacial score (nSPS) is 11.5. The maximum absolute atomic E-state index is 11.6. The van der Waals surface area contributed by atoms with Gasteiger partial charge in [-0.1, -0.05) is 0 Å². The van der Waals surface area contributed by atoms with Crippen LogP contribution in [-0.4, -0.2) is 46.7 Å². The van der Waals surface area contributed by atoms with E-state index in [9.17, 15) is 9.59 Å². The molecule has 0 saturated heterocycles. The second kappa shape index (κ2) is 6.34. The Kier molecular flexibility index (Phi) is 5.02. The van der Waals surface area contributed by atoms with Gasteiger partial charge in [-0.05, 0) is 26.8 Å². The van der Waals surface area contributed by atoms with E-state index in [0.717, 1.165) is 0 Å². The van der Waals surface area contributed by atoms with E-state index < -0.39 is 17.5 Å². The van der Waals surface area contributed by atoms with E-state index in [4.69, 9.17) is 9.84 Å². The second-order valence-electron chi connectivity index (χ2n) is 5.54. The van der Waals surface area contributed by atoms with Gasteiger partial charge in [0.05, 0.1) is 0 Å². The maximum atomic E-state index is 11.6. The summed E-state index contributed by atoms with van der Waals surface area (Å²) >= 11 is 0. The molecule has 1 N–H and O–H groups in total.